The van der Waals surface area contributed by atoms with E-state index in [1.165, 1.54) is 32.4 Å². The van der Waals surface area contributed by atoms with Crippen LogP contribution < -0.4 is 9.47 Å². The third-order valence-corrected chi connectivity index (χ3v) is 8.24. The number of rotatable bonds is 6. The summed E-state index contributed by atoms with van der Waals surface area (Å²) in [5.74, 6) is 1.75. The molecule has 0 aliphatic rings. The van der Waals surface area contributed by atoms with Crippen LogP contribution in [-0.2, 0) is 21.0 Å². The zero-order valence-corrected chi connectivity index (χ0v) is 21.7. The number of hydrogen-bond acceptors (Lipinski definition) is 5. The van der Waals surface area contributed by atoms with Gasteiger partial charge in [-0.2, -0.15) is 0 Å². The van der Waals surface area contributed by atoms with Crippen molar-refractivity contribution < 1.29 is 22.4 Å². The molecule has 4 rings (SSSR count). The molecule has 35 heavy (non-hydrogen) atoms. The van der Waals surface area contributed by atoms with Gasteiger partial charge in [0, 0.05) is 0 Å². The van der Waals surface area contributed by atoms with Gasteiger partial charge in [-0.05, 0) is 86.6 Å². The zero-order chi connectivity index (χ0) is 25.4. The molecule has 5 nitrogen and oxygen atoms in total. The van der Waals surface area contributed by atoms with E-state index in [4.69, 9.17) is 9.47 Å². The lowest BCUT2D eigenvalue weighted by Gasteiger charge is -2.09. The summed E-state index contributed by atoms with van der Waals surface area (Å²) in [7, 11) is -1.04. The minimum Gasteiger partial charge on any atom is -0.744 e. The third kappa shape index (κ3) is 7.36. The molecular formula is C28H28O5S2. The molecule has 0 N–H and O–H groups in total. The van der Waals surface area contributed by atoms with E-state index in [1.54, 1.807) is 26.4 Å². The monoisotopic (exact) mass is 508 g/mol. The van der Waals surface area contributed by atoms with Gasteiger partial charge in [-0.25, -0.2) is 8.42 Å². The Hall–Kier alpha value is -3.26. The smallest absolute Gasteiger partial charge is 0.166 e. The van der Waals surface area contributed by atoms with Crippen LogP contribution >= 0.6 is 0 Å². The molecule has 4 aromatic rings. The average molecular weight is 509 g/mol. The fourth-order valence-electron chi connectivity index (χ4n) is 3.21. The summed E-state index contributed by atoms with van der Waals surface area (Å²) in [5.41, 5.74) is 2.20. The minimum absolute atomic E-state index is 0.155. The molecule has 182 valence electrons. The molecule has 0 unspecified atom stereocenters. The van der Waals surface area contributed by atoms with Crippen LogP contribution in [0.1, 0.15) is 11.1 Å². The highest BCUT2D eigenvalue weighted by atomic mass is 32.2. The van der Waals surface area contributed by atoms with Crippen LogP contribution in [0.4, 0.5) is 0 Å². The lowest BCUT2D eigenvalue weighted by atomic mass is 10.2. The molecule has 0 heterocycles. The SMILES string of the molecule is COc1ccc([S+](c2ccc(C)cc2)c2ccc(OC)cc2)cc1.Cc1ccc(S(=O)(=O)[O-])cc1. The van der Waals surface area contributed by atoms with E-state index in [9.17, 15) is 13.0 Å². The quantitative estimate of drug-likeness (QED) is 0.236. The average Bonchev–Trinajstić information content (AvgIpc) is 2.86. The molecule has 0 aromatic heterocycles. The molecule has 7 heteroatoms. The lowest BCUT2D eigenvalue weighted by molar-refractivity contribution is 0.414. The van der Waals surface area contributed by atoms with Crippen molar-refractivity contribution in [2.24, 2.45) is 0 Å². The van der Waals surface area contributed by atoms with Gasteiger partial charge in [0.1, 0.15) is 21.6 Å². The highest BCUT2D eigenvalue weighted by Gasteiger charge is 2.28. The van der Waals surface area contributed by atoms with Gasteiger partial charge in [-0.1, -0.05) is 35.4 Å². The lowest BCUT2D eigenvalue weighted by Crippen LogP contribution is -2.05. The topological polar surface area (TPSA) is 75.7 Å². The maximum atomic E-state index is 10.4. The van der Waals surface area contributed by atoms with Crippen LogP contribution in [0.25, 0.3) is 0 Å². The second-order valence-corrected chi connectivity index (χ2v) is 11.1. The molecule has 0 amide bonds. The second-order valence-electron chi connectivity index (χ2n) is 7.74. The first-order valence-electron chi connectivity index (χ1n) is 10.8. The molecule has 0 bridgehead atoms. The van der Waals surface area contributed by atoms with Gasteiger partial charge < -0.3 is 14.0 Å². The molecular weight excluding hydrogens is 480 g/mol. The van der Waals surface area contributed by atoms with E-state index in [2.05, 4.69) is 55.5 Å². The number of benzene rings is 4. The summed E-state index contributed by atoms with van der Waals surface area (Å²) < 4.78 is 41.8. The van der Waals surface area contributed by atoms with Crippen molar-refractivity contribution in [1.29, 1.82) is 0 Å². The van der Waals surface area contributed by atoms with Crippen LogP contribution in [0.15, 0.2) is 117 Å². The molecule has 0 spiro atoms. The van der Waals surface area contributed by atoms with E-state index in [0.29, 0.717) is 0 Å². The normalized spacial score (nSPS) is 10.9. The first kappa shape index (κ1) is 26.3. The van der Waals surface area contributed by atoms with Crippen molar-refractivity contribution >= 4 is 21.0 Å². The van der Waals surface area contributed by atoms with Crippen LogP contribution in [0.5, 0.6) is 11.5 Å². The Morgan fingerprint density at radius 3 is 1.20 bits per heavy atom. The molecule has 4 aromatic carbocycles. The van der Waals surface area contributed by atoms with E-state index in [1.807, 2.05) is 31.2 Å². The number of aryl methyl sites for hydroxylation is 2. The molecule has 0 fully saturated rings. The summed E-state index contributed by atoms with van der Waals surface area (Å²) in [6.45, 7) is 3.93. The number of methoxy groups -OCH3 is 2. The Kier molecular flexibility index (Phi) is 8.98. The maximum Gasteiger partial charge on any atom is 0.166 e. The second kappa shape index (κ2) is 11.9. The molecule has 0 saturated heterocycles. The van der Waals surface area contributed by atoms with Gasteiger partial charge >= 0.3 is 0 Å². The Morgan fingerprint density at radius 1 is 0.571 bits per heavy atom. The van der Waals surface area contributed by atoms with Gasteiger partial charge in [0.15, 0.2) is 14.7 Å². The molecule has 0 aliphatic heterocycles. The summed E-state index contributed by atoms with van der Waals surface area (Å²) in [6.07, 6.45) is 0. The van der Waals surface area contributed by atoms with Gasteiger partial charge in [-0.3, -0.25) is 0 Å². The highest BCUT2D eigenvalue weighted by molar-refractivity contribution is 7.97. The first-order valence-corrected chi connectivity index (χ1v) is 13.5. The molecule has 0 radical (unpaired) electrons. The number of hydrogen-bond donors (Lipinski definition) is 0. The first-order chi connectivity index (χ1) is 16.7. The Labute approximate surface area is 210 Å². The Bertz CT molecular complexity index is 1270. The largest absolute Gasteiger partial charge is 0.744 e. The standard InChI is InChI=1S/C21H21O2S.C7H8O3S/c1-16-4-10-19(11-5-16)24(20-12-6-17(22-2)7-13-20)21-14-8-18(23-3)9-15-21;1-6-2-4-7(5-3-6)11(8,9)10/h4-15H,1-3H3;2-5H,1H3,(H,8,9,10)/q+1;/p-1. The van der Waals surface area contributed by atoms with Crippen molar-refractivity contribution in [3.63, 3.8) is 0 Å². The molecule has 0 atom stereocenters. The predicted molar refractivity (Wildman–Crippen MR) is 138 cm³/mol. The van der Waals surface area contributed by atoms with E-state index in [0.717, 1.165) is 17.1 Å². The zero-order valence-electron chi connectivity index (χ0n) is 20.1. The van der Waals surface area contributed by atoms with Crippen LogP contribution in [0.3, 0.4) is 0 Å². The van der Waals surface area contributed by atoms with Crippen LogP contribution in [0.2, 0.25) is 0 Å². The summed E-state index contributed by atoms with van der Waals surface area (Å²) in [5, 5.41) is 0. The minimum atomic E-state index is -4.27. The maximum absolute atomic E-state index is 10.4. The highest BCUT2D eigenvalue weighted by Crippen LogP contribution is 2.33. The van der Waals surface area contributed by atoms with Crippen molar-refractivity contribution in [3.05, 3.63) is 108 Å². The van der Waals surface area contributed by atoms with Crippen molar-refractivity contribution in [1.82, 2.24) is 0 Å². The molecule has 0 aliphatic carbocycles. The molecule has 0 saturated carbocycles. The van der Waals surface area contributed by atoms with Crippen molar-refractivity contribution in [3.8, 4) is 11.5 Å². The number of ether oxygens (including phenoxy) is 2. The third-order valence-electron chi connectivity index (χ3n) is 5.16. The Morgan fingerprint density at radius 2 is 0.886 bits per heavy atom. The summed E-state index contributed by atoms with van der Waals surface area (Å²) in [6, 6.07) is 31.2. The van der Waals surface area contributed by atoms with Crippen molar-refractivity contribution in [2.75, 3.05) is 14.2 Å². The summed E-state index contributed by atoms with van der Waals surface area (Å²) in [4.78, 5) is 3.66. The van der Waals surface area contributed by atoms with Gasteiger partial charge in [0.05, 0.1) is 30.0 Å². The van der Waals surface area contributed by atoms with E-state index in [-0.39, 0.29) is 15.8 Å². The van der Waals surface area contributed by atoms with Crippen molar-refractivity contribution in [2.45, 2.75) is 33.4 Å². The van der Waals surface area contributed by atoms with E-state index >= 15 is 0 Å². The van der Waals surface area contributed by atoms with Gasteiger partial charge in [0.2, 0.25) is 0 Å². The predicted octanol–water partition coefficient (Wildman–Crippen LogP) is 6.01. The van der Waals surface area contributed by atoms with E-state index < -0.39 is 10.1 Å². The van der Waals surface area contributed by atoms with Gasteiger partial charge in [0.25, 0.3) is 0 Å². The Balaban J connectivity index is 0.000000261. The van der Waals surface area contributed by atoms with Crippen LogP contribution in [0, 0.1) is 13.8 Å². The fraction of sp³-hybridized carbons (Fsp3) is 0.143. The van der Waals surface area contributed by atoms with Crippen LogP contribution in [-0.4, -0.2) is 27.2 Å². The van der Waals surface area contributed by atoms with Gasteiger partial charge in [-0.15, -0.1) is 0 Å². The summed E-state index contributed by atoms with van der Waals surface area (Å²) >= 11 is 0. The fourth-order valence-corrected chi connectivity index (χ4v) is 5.72.